The van der Waals surface area contributed by atoms with Crippen molar-refractivity contribution in [3.05, 3.63) is 36.5 Å². The van der Waals surface area contributed by atoms with Crippen molar-refractivity contribution in [3.8, 4) is 5.75 Å². The molecule has 1 saturated heterocycles. The lowest BCUT2D eigenvalue weighted by Crippen LogP contribution is -2.33. The Bertz CT molecular complexity index is 674. The molecule has 2 amide bonds. The lowest BCUT2D eigenvalue weighted by Gasteiger charge is -2.22. The Hall–Kier alpha value is -2.71. The zero-order valence-corrected chi connectivity index (χ0v) is 15.6. The van der Waals surface area contributed by atoms with Crippen LogP contribution in [0.15, 0.2) is 41.5 Å². The van der Waals surface area contributed by atoms with Crippen molar-refractivity contribution in [2.45, 2.75) is 13.3 Å². The fourth-order valence-corrected chi connectivity index (χ4v) is 2.88. The minimum Gasteiger partial charge on any atom is -0.492 e. The number of amides is 2. The third kappa shape index (κ3) is 6.84. The Kier molecular flexibility index (Phi) is 7.97. The van der Waals surface area contributed by atoms with Gasteiger partial charge >= 0.3 is 0 Å². The van der Waals surface area contributed by atoms with E-state index in [1.807, 2.05) is 12.1 Å². The largest absolute Gasteiger partial charge is 0.492 e. The minimum atomic E-state index is 0.225. The summed E-state index contributed by atoms with van der Waals surface area (Å²) in [6.45, 7) is 6.50. The molecular formula is C19H27N5O3. The molecule has 0 aliphatic carbocycles. The van der Waals surface area contributed by atoms with Gasteiger partial charge in [0.15, 0.2) is 0 Å². The van der Waals surface area contributed by atoms with Crippen LogP contribution in [0.5, 0.6) is 5.75 Å². The van der Waals surface area contributed by atoms with Crippen molar-refractivity contribution in [3.63, 3.8) is 0 Å². The molecule has 0 radical (unpaired) electrons. The smallest absolute Gasteiger partial charge is 0.212 e. The Morgan fingerprint density at radius 3 is 2.74 bits per heavy atom. The molecule has 1 heterocycles. The van der Waals surface area contributed by atoms with E-state index < -0.39 is 0 Å². The first kappa shape index (κ1) is 20.6. The number of likely N-dealkylation sites (tertiary alicyclic amines) is 1. The van der Waals surface area contributed by atoms with E-state index in [4.69, 9.17) is 10.5 Å². The second-order valence-corrected chi connectivity index (χ2v) is 6.76. The van der Waals surface area contributed by atoms with Crippen LogP contribution in [0.1, 0.15) is 13.3 Å². The number of nitrogens with two attached hydrogens (primary N) is 1. The average molecular weight is 373 g/mol. The molecule has 8 nitrogen and oxygen atoms in total. The molecule has 0 spiro atoms. The predicted molar refractivity (Wildman–Crippen MR) is 105 cm³/mol. The highest BCUT2D eigenvalue weighted by atomic mass is 16.5. The van der Waals surface area contributed by atoms with Gasteiger partial charge in [0, 0.05) is 19.3 Å². The number of nitrogens with zero attached hydrogens (tertiary/aromatic N) is 2. The first-order valence-corrected chi connectivity index (χ1v) is 8.89. The Morgan fingerprint density at radius 1 is 1.33 bits per heavy atom. The molecule has 27 heavy (non-hydrogen) atoms. The van der Waals surface area contributed by atoms with Gasteiger partial charge in [-0.2, -0.15) is 0 Å². The van der Waals surface area contributed by atoms with Crippen molar-refractivity contribution < 1.29 is 14.3 Å². The molecule has 4 N–H and O–H groups in total. The van der Waals surface area contributed by atoms with E-state index in [1.165, 1.54) is 12.3 Å². The highest BCUT2D eigenvalue weighted by molar-refractivity contribution is 6.00. The van der Waals surface area contributed by atoms with Gasteiger partial charge in [-0.1, -0.05) is 6.92 Å². The summed E-state index contributed by atoms with van der Waals surface area (Å²) in [6.07, 6.45) is 5.05. The van der Waals surface area contributed by atoms with Gasteiger partial charge in [-0.3, -0.25) is 14.5 Å². The van der Waals surface area contributed by atoms with Crippen molar-refractivity contribution >= 4 is 24.3 Å². The van der Waals surface area contributed by atoms with Gasteiger partial charge < -0.3 is 21.1 Å². The number of carbonyl (C=O) groups excluding carboxylic acids is 2. The summed E-state index contributed by atoms with van der Waals surface area (Å²) in [4.78, 5) is 27.5. The molecule has 2 rings (SSSR count). The van der Waals surface area contributed by atoms with Gasteiger partial charge in [0.1, 0.15) is 18.2 Å². The number of nitrogens with one attached hydrogen (secondary N) is 2. The quantitative estimate of drug-likeness (QED) is 0.319. The summed E-state index contributed by atoms with van der Waals surface area (Å²) in [7, 11) is 0. The van der Waals surface area contributed by atoms with E-state index in [0.29, 0.717) is 37.5 Å². The summed E-state index contributed by atoms with van der Waals surface area (Å²) in [6, 6.07) is 7.26. The minimum absolute atomic E-state index is 0.225. The second kappa shape index (κ2) is 10.4. The van der Waals surface area contributed by atoms with Gasteiger partial charge in [0.25, 0.3) is 0 Å². The first-order valence-electron chi connectivity index (χ1n) is 8.89. The summed E-state index contributed by atoms with van der Waals surface area (Å²) in [5.41, 5.74) is 6.71. The number of aliphatic imine (C=N–C) groups is 1. The van der Waals surface area contributed by atoms with E-state index >= 15 is 0 Å². The topological polar surface area (TPSA) is 109 Å². The van der Waals surface area contributed by atoms with Gasteiger partial charge in [0.05, 0.1) is 5.69 Å². The molecule has 0 bridgehead atoms. The molecule has 1 fully saturated rings. The van der Waals surface area contributed by atoms with Gasteiger partial charge in [-0.05, 0) is 55.3 Å². The number of hydrogen-bond acceptors (Lipinski definition) is 6. The summed E-state index contributed by atoms with van der Waals surface area (Å²) < 4.78 is 5.80. The van der Waals surface area contributed by atoms with Crippen LogP contribution in [0.4, 0.5) is 5.69 Å². The number of ether oxygens (including phenoxy) is 1. The number of amidine groups is 1. The van der Waals surface area contributed by atoms with Gasteiger partial charge in [0.2, 0.25) is 12.8 Å². The average Bonchev–Trinajstić information content (AvgIpc) is 3.05. The molecular weight excluding hydrogens is 346 g/mol. The van der Waals surface area contributed by atoms with E-state index in [-0.39, 0.29) is 5.41 Å². The molecule has 0 saturated carbocycles. The van der Waals surface area contributed by atoms with E-state index in [0.717, 1.165) is 31.8 Å². The fourth-order valence-electron chi connectivity index (χ4n) is 2.88. The van der Waals surface area contributed by atoms with Crippen molar-refractivity contribution in [2.75, 3.05) is 32.8 Å². The third-order valence-electron chi connectivity index (χ3n) is 4.50. The molecule has 0 aromatic heterocycles. The third-order valence-corrected chi connectivity index (χ3v) is 4.50. The van der Waals surface area contributed by atoms with E-state index in [1.54, 1.807) is 12.1 Å². The van der Waals surface area contributed by atoms with Gasteiger partial charge in [-0.25, -0.2) is 4.99 Å². The van der Waals surface area contributed by atoms with Crippen LogP contribution >= 0.6 is 0 Å². The van der Waals surface area contributed by atoms with Crippen LogP contribution in [-0.2, 0) is 9.59 Å². The molecule has 8 heteroatoms. The first-order chi connectivity index (χ1) is 13.1. The number of hydrogen-bond donors (Lipinski definition) is 3. The molecule has 1 unspecified atom stereocenters. The van der Waals surface area contributed by atoms with E-state index in [2.05, 4.69) is 27.4 Å². The number of benzene rings is 1. The highest BCUT2D eigenvalue weighted by Gasteiger charge is 2.31. The lowest BCUT2D eigenvalue weighted by atomic mass is 9.90. The zero-order chi connectivity index (χ0) is 19.5. The molecule has 1 aliphatic heterocycles. The maximum Gasteiger partial charge on any atom is 0.212 e. The van der Waals surface area contributed by atoms with Crippen molar-refractivity contribution in [1.82, 2.24) is 15.5 Å². The number of rotatable bonds is 10. The SMILES string of the molecule is CC1(CN)CCN(CCOc2ccc(N=C(/C=C\NC=O)NC=O)cc2)C1. The van der Waals surface area contributed by atoms with E-state index in [9.17, 15) is 9.59 Å². The second-order valence-electron chi connectivity index (χ2n) is 6.76. The van der Waals surface area contributed by atoms with Gasteiger partial charge in [-0.15, -0.1) is 0 Å². The lowest BCUT2D eigenvalue weighted by molar-refractivity contribution is -0.109. The van der Waals surface area contributed by atoms with Crippen molar-refractivity contribution in [2.24, 2.45) is 16.1 Å². The molecule has 146 valence electrons. The number of carbonyl (C=O) groups is 2. The summed E-state index contributed by atoms with van der Waals surface area (Å²) >= 11 is 0. The molecule has 1 aliphatic rings. The Labute approximate surface area is 159 Å². The highest BCUT2D eigenvalue weighted by Crippen LogP contribution is 2.28. The maximum atomic E-state index is 10.6. The van der Waals surface area contributed by atoms with Crippen molar-refractivity contribution in [1.29, 1.82) is 0 Å². The Balaban J connectivity index is 1.84. The molecule has 1 aromatic carbocycles. The molecule has 1 atom stereocenters. The standard InChI is InChI=1S/C19H27N5O3/c1-19(12-20)7-9-24(13-19)10-11-27-17-4-2-16(3-5-17)23-18(22-15-26)6-8-21-14-25/h2-6,8,14-15H,7,9-13,20H2,1H3,(H,21,25)(H,22,23,26)/b8-6-. The predicted octanol–water partition coefficient (Wildman–Crippen LogP) is 0.772. The van der Waals surface area contributed by atoms with Crippen LogP contribution in [0, 0.1) is 5.41 Å². The van der Waals surface area contributed by atoms with Crippen LogP contribution in [-0.4, -0.2) is 56.3 Å². The van der Waals surface area contributed by atoms with Crippen LogP contribution in [0.25, 0.3) is 0 Å². The van der Waals surface area contributed by atoms with Crippen LogP contribution < -0.4 is 21.1 Å². The maximum absolute atomic E-state index is 10.6. The Morgan fingerprint density at radius 2 is 2.11 bits per heavy atom. The van der Waals surface area contributed by atoms with Crippen LogP contribution in [0.3, 0.4) is 0 Å². The summed E-state index contributed by atoms with van der Waals surface area (Å²) in [5, 5.41) is 4.82. The molecule has 1 aromatic rings. The van der Waals surface area contributed by atoms with Crippen LogP contribution in [0.2, 0.25) is 0 Å². The zero-order valence-electron chi connectivity index (χ0n) is 15.6. The monoisotopic (exact) mass is 373 g/mol. The normalized spacial score (nSPS) is 20.6. The fraction of sp³-hybridized carbons (Fsp3) is 0.421. The summed E-state index contributed by atoms with van der Waals surface area (Å²) in [5.74, 6) is 1.07.